The van der Waals surface area contributed by atoms with E-state index in [0.717, 1.165) is 0 Å². The first-order valence-corrected chi connectivity index (χ1v) is 11.0. The number of aromatic nitrogens is 2. The third-order valence-corrected chi connectivity index (χ3v) is 6.05. The number of methoxy groups -OCH3 is 1. The van der Waals surface area contributed by atoms with E-state index in [4.69, 9.17) is 27.9 Å². The van der Waals surface area contributed by atoms with Gasteiger partial charge in [-0.25, -0.2) is 4.98 Å². The summed E-state index contributed by atoms with van der Waals surface area (Å²) in [5.41, 5.74) is 1.29. The Balaban J connectivity index is 1.78. The van der Waals surface area contributed by atoms with E-state index in [-0.39, 0.29) is 17.1 Å². The normalized spacial score (nSPS) is 10.9. The Morgan fingerprint density at radius 1 is 1.03 bits per heavy atom. The van der Waals surface area contributed by atoms with E-state index in [1.807, 2.05) is 0 Å². The zero-order valence-electron chi connectivity index (χ0n) is 16.3. The number of benzene rings is 3. The van der Waals surface area contributed by atoms with Crippen molar-refractivity contribution in [2.75, 3.05) is 12.9 Å². The second-order valence-electron chi connectivity index (χ2n) is 6.58. The topological polar surface area (TPSA) is 61.2 Å². The summed E-state index contributed by atoms with van der Waals surface area (Å²) < 4.78 is 6.76. The van der Waals surface area contributed by atoms with Gasteiger partial charge < -0.3 is 4.74 Å². The van der Waals surface area contributed by atoms with Gasteiger partial charge >= 0.3 is 0 Å². The van der Waals surface area contributed by atoms with Gasteiger partial charge in [-0.05, 0) is 54.6 Å². The molecule has 31 heavy (non-hydrogen) atoms. The van der Waals surface area contributed by atoms with Gasteiger partial charge in [-0.2, -0.15) is 0 Å². The van der Waals surface area contributed by atoms with Crippen LogP contribution in [0.1, 0.15) is 10.4 Å². The average Bonchev–Trinajstić information content (AvgIpc) is 2.78. The highest BCUT2D eigenvalue weighted by molar-refractivity contribution is 7.99. The van der Waals surface area contributed by atoms with Gasteiger partial charge in [0.1, 0.15) is 5.75 Å². The standard InChI is InChI=1S/C23H16Cl2N2O3S/c1-30-21-5-3-2-4-18(21)20(28)13-31-23-26-19-12-15(25)8-11-17(19)22(29)27(23)16-9-6-14(24)7-10-16/h2-12H,13H2,1H3. The summed E-state index contributed by atoms with van der Waals surface area (Å²) in [4.78, 5) is 30.8. The van der Waals surface area contributed by atoms with Crippen molar-refractivity contribution in [1.29, 1.82) is 0 Å². The van der Waals surface area contributed by atoms with Crippen LogP contribution in [0.15, 0.2) is 76.7 Å². The maximum Gasteiger partial charge on any atom is 0.266 e. The van der Waals surface area contributed by atoms with Crippen LogP contribution in [0.2, 0.25) is 10.0 Å². The molecule has 0 aliphatic rings. The summed E-state index contributed by atoms with van der Waals surface area (Å²) in [6.45, 7) is 0. The molecule has 156 valence electrons. The molecule has 5 nitrogen and oxygen atoms in total. The maximum atomic E-state index is 13.3. The van der Waals surface area contributed by atoms with Gasteiger partial charge in [-0.3, -0.25) is 14.2 Å². The number of ether oxygens (including phenoxy) is 1. The number of hydrogen-bond donors (Lipinski definition) is 0. The van der Waals surface area contributed by atoms with Crippen LogP contribution < -0.4 is 10.3 Å². The summed E-state index contributed by atoms with van der Waals surface area (Å²) in [6, 6.07) is 18.8. The molecule has 0 saturated heterocycles. The van der Waals surface area contributed by atoms with Crippen LogP contribution in [0.3, 0.4) is 0 Å². The molecule has 0 radical (unpaired) electrons. The monoisotopic (exact) mass is 470 g/mol. The molecular formula is C23H16Cl2N2O3S. The maximum absolute atomic E-state index is 13.3. The van der Waals surface area contributed by atoms with Gasteiger partial charge in [0.05, 0.1) is 35.0 Å². The molecule has 8 heteroatoms. The van der Waals surface area contributed by atoms with Gasteiger partial charge in [0.2, 0.25) is 0 Å². The van der Waals surface area contributed by atoms with Crippen LogP contribution >= 0.6 is 35.0 Å². The lowest BCUT2D eigenvalue weighted by Gasteiger charge is -2.13. The predicted molar refractivity (Wildman–Crippen MR) is 125 cm³/mol. The molecular weight excluding hydrogens is 455 g/mol. The first-order valence-electron chi connectivity index (χ1n) is 9.25. The number of rotatable bonds is 6. The van der Waals surface area contributed by atoms with E-state index in [2.05, 4.69) is 4.98 Å². The van der Waals surface area contributed by atoms with Crippen LogP contribution in [0.5, 0.6) is 5.75 Å². The lowest BCUT2D eigenvalue weighted by Crippen LogP contribution is -2.22. The second-order valence-corrected chi connectivity index (χ2v) is 8.40. The molecule has 0 amide bonds. The zero-order chi connectivity index (χ0) is 22.0. The molecule has 0 aliphatic carbocycles. The Morgan fingerprint density at radius 2 is 1.74 bits per heavy atom. The molecule has 0 spiro atoms. The van der Waals surface area contributed by atoms with Gasteiger partial charge in [-0.1, -0.05) is 47.1 Å². The van der Waals surface area contributed by atoms with Crippen molar-refractivity contribution in [3.63, 3.8) is 0 Å². The molecule has 0 bridgehead atoms. The first kappa shape index (κ1) is 21.4. The number of ketones is 1. The fourth-order valence-electron chi connectivity index (χ4n) is 3.14. The van der Waals surface area contributed by atoms with Crippen molar-refractivity contribution < 1.29 is 9.53 Å². The van der Waals surface area contributed by atoms with Crippen LogP contribution in [0.25, 0.3) is 16.6 Å². The third kappa shape index (κ3) is 4.46. The summed E-state index contributed by atoms with van der Waals surface area (Å²) in [5, 5.41) is 1.84. The van der Waals surface area contributed by atoms with E-state index in [1.54, 1.807) is 66.7 Å². The van der Waals surface area contributed by atoms with Crippen molar-refractivity contribution in [3.05, 3.63) is 92.7 Å². The molecule has 0 saturated carbocycles. The molecule has 4 aromatic rings. The minimum Gasteiger partial charge on any atom is -0.496 e. The van der Waals surface area contributed by atoms with Crippen LogP contribution in [-0.4, -0.2) is 28.2 Å². The Labute approximate surface area is 192 Å². The number of thioether (sulfide) groups is 1. The number of carbonyl (C=O) groups is 1. The Hall–Kier alpha value is -2.80. The quantitative estimate of drug-likeness (QED) is 0.206. The summed E-state index contributed by atoms with van der Waals surface area (Å²) >= 11 is 13.3. The highest BCUT2D eigenvalue weighted by Gasteiger charge is 2.17. The molecule has 0 atom stereocenters. The number of nitrogens with zero attached hydrogens (tertiary/aromatic N) is 2. The molecule has 3 aromatic carbocycles. The average molecular weight is 471 g/mol. The summed E-state index contributed by atoms with van der Waals surface area (Å²) in [7, 11) is 1.52. The zero-order valence-corrected chi connectivity index (χ0v) is 18.7. The molecule has 4 rings (SSSR count). The molecule has 0 N–H and O–H groups in total. The number of hydrogen-bond acceptors (Lipinski definition) is 5. The third-order valence-electron chi connectivity index (χ3n) is 4.63. The number of carbonyl (C=O) groups excluding carboxylic acids is 1. The lowest BCUT2D eigenvalue weighted by atomic mass is 10.1. The Kier molecular flexibility index (Phi) is 6.32. The predicted octanol–water partition coefficient (Wildman–Crippen LogP) is 5.68. The van der Waals surface area contributed by atoms with E-state index in [9.17, 15) is 9.59 Å². The summed E-state index contributed by atoms with van der Waals surface area (Å²) in [5.74, 6) is 0.443. The fraction of sp³-hybridized carbons (Fsp3) is 0.0870. The van der Waals surface area contributed by atoms with Crippen LogP contribution in [0.4, 0.5) is 0 Å². The van der Waals surface area contributed by atoms with E-state index >= 15 is 0 Å². The van der Waals surface area contributed by atoms with E-state index in [0.29, 0.717) is 43.1 Å². The van der Waals surface area contributed by atoms with Gasteiger partial charge in [-0.15, -0.1) is 0 Å². The molecule has 0 unspecified atom stereocenters. The highest BCUT2D eigenvalue weighted by Crippen LogP contribution is 2.26. The van der Waals surface area contributed by atoms with Crippen molar-refractivity contribution in [1.82, 2.24) is 9.55 Å². The molecule has 0 fully saturated rings. The second kappa shape index (κ2) is 9.14. The van der Waals surface area contributed by atoms with Crippen molar-refractivity contribution in [2.45, 2.75) is 5.16 Å². The fourth-order valence-corrected chi connectivity index (χ4v) is 4.32. The van der Waals surface area contributed by atoms with E-state index < -0.39 is 0 Å². The van der Waals surface area contributed by atoms with Gasteiger partial charge in [0, 0.05) is 10.0 Å². The van der Waals surface area contributed by atoms with Gasteiger partial charge in [0.25, 0.3) is 5.56 Å². The van der Waals surface area contributed by atoms with Crippen molar-refractivity contribution in [3.8, 4) is 11.4 Å². The van der Waals surface area contributed by atoms with Crippen LogP contribution in [-0.2, 0) is 0 Å². The Bertz CT molecular complexity index is 1340. The Morgan fingerprint density at radius 3 is 2.48 bits per heavy atom. The number of halogens is 2. The largest absolute Gasteiger partial charge is 0.496 e. The van der Waals surface area contributed by atoms with Crippen molar-refractivity contribution >= 4 is 51.6 Å². The number of para-hydroxylation sites is 1. The molecule has 1 heterocycles. The number of Topliss-reactive ketones (excluding diaryl/α,β-unsaturated/α-hetero) is 1. The SMILES string of the molecule is COc1ccccc1C(=O)CSc1nc2cc(Cl)ccc2c(=O)n1-c1ccc(Cl)cc1. The minimum absolute atomic E-state index is 0.0759. The molecule has 0 aliphatic heterocycles. The minimum atomic E-state index is -0.253. The van der Waals surface area contributed by atoms with Crippen LogP contribution in [0, 0.1) is 0 Å². The lowest BCUT2D eigenvalue weighted by molar-refractivity contribution is 0.101. The smallest absolute Gasteiger partial charge is 0.266 e. The first-order chi connectivity index (χ1) is 15.0. The van der Waals surface area contributed by atoms with Gasteiger partial charge in [0.15, 0.2) is 10.9 Å². The highest BCUT2D eigenvalue weighted by atomic mass is 35.5. The summed E-state index contributed by atoms with van der Waals surface area (Å²) in [6.07, 6.45) is 0. The van der Waals surface area contributed by atoms with Crippen molar-refractivity contribution in [2.24, 2.45) is 0 Å². The van der Waals surface area contributed by atoms with E-state index in [1.165, 1.54) is 23.4 Å². The number of fused-ring (bicyclic) bond motifs is 1. The molecule has 1 aromatic heterocycles.